The van der Waals surface area contributed by atoms with Crippen LogP contribution >= 0.6 is 12.2 Å². The van der Waals surface area contributed by atoms with Crippen molar-refractivity contribution < 1.29 is 14.0 Å². The van der Waals surface area contributed by atoms with Crippen molar-refractivity contribution in [1.29, 1.82) is 0 Å². The van der Waals surface area contributed by atoms with Crippen LogP contribution in [0.25, 0.3) is 0 Å². The van der Waals surface area contributed by atoms with Gasteiger partial charge in [-0.15, -0.1) is 0 Å². The van der Waals surface area contributed by atoms with E-state index in [1.165, 1.54) is 30.5 Å². The number of hydrogen-bond acceptors (Lipinski definition) is 5. The zero-order valence-corrected chi connectivity index (χ0v) is 13.7. The Kier molecular flexibility index (Phi) is 4.90. The van der Waals surface area contributed by atoms with Gasteiger partial charge >= 0.3 is 0 Å². The smallest absolute Gasteiger partial charge is 0.251 e. The molecule has 1 aromatic carbocycles. The van der Waals surface area contributed by atoms with Gasteiger partial charge in [-0.25, -0.2) is 4.39 Å². The van der Waals surface area contributed by atoms with E-state index >= 15 is 0 Å². The molecule has 1 fully saturated rings. The van der Waals surface area contributed by atoms with Crippen molar-refractivity contribution >= 4 is 41.0 Å². The van der Waals surface area contributed by atoms with Crippen molar-refractivity contribution in [2.75, 3.05) is 4.90 Å². The molecule has 1 aliphatic rings. The number of hydrogen-bond donors (Lipinski definition) is 1. The Morgan fingerprint density at radius 3 is 2.72 bits per heavy atom. The molecule has 1 aliphatic heterocycles. The zero-order chi connectivity index (χ0) is 17.8. The second kappa shape index (κ2) is 7.27. The molecule has 1 unspecified atom stereocenters. The van der Waals surface area contributed by atoms with E-state index in [4.69, 9.17) is 12.2 Å². The van der Waals surface area contributed by atoms with Crippen molar-refractivity contribution in [3.63, 3.8) is 0 Å². The van der Waals surface area contributed by atoms with Gasteiger partial charge < -0.3 is 5.32 Å². The van der Waals surface area contributed by atoms with Gasteiger partial charge in [-0.05, 0) is 48.1 Å². The Morgan fingerprint density at radius 1 is 1.28 bits per heavy atom. The van der Waals surface area contributed by atoms with Crippen LogP contribution in [0.5, 0.6) is 0 Å². The van der Waals surface area contributed by atoms with Gasteiger partial charge in [0, 0.05) is 18.6 Å². The van der Waals surface area contributed by atoms with Crippen LogP contribution in [0.2, 0.25) is 0 Å². The summed E-state index contributed by atoms with van der Waals surface area (Å²) in [7, 11) is 0. The van der Waals surface area contributed by atoms with Gasteiger partial charge in [-0.3, -0.25) is 24.5 Å². The highest BCUT2D eigenvalue weighted by molar-refractivity contribution is 7.80. The first kappa shape index (κ1) is 16.8. The number of nitrogens with one attached hydrogen (secondary N) is 1. The monoisotopic (exact) mass is 356 g/mol. The quantitative estimate of drug-likeness (QED) is 0.515. The number of halogens is 1. The Morgan fingerprint density at radius 2 is 2.04 bits per heavy atom. The number of carbonyl (C=O) groups is 2. The lowest BCUT2D eigenvalue weighted by molar-refractivity contribution is -0.130. The van der Waals surface area contributed by atoms with Crippen molar-refractivity contribution in [2.45, 2.75) is 6.54 Å². The molecule has 126 valence electrons. The maximum atomic E-state index is 13.1. The van der Waals surface area contributed by atoms with Gasteiger partial charge in [0.25, 0.3) is 5.91 Å². The molecule has 0 spiro atoms. The summed E-state index contributed by atoms with van der Waals surface area (Å²) >= 11 is 5.06. The minimum Gasteiger partial charge on any atom is -0.301 e. The van der Waals surface area contributed by atoms with E-state index in [-0.39, 0.29) is 5.11 Å². The highest BCUT2D eigenvalue weighted by atomic mass is 32.1. The van der Waals surface area contributed by atoms with Gasteiger partial charge in [0.2, 0.25) is 5.91 Å². The molecule has 8 heteroatoms. The molecule has 2 aromatic rings. The van der Waals surface area contributed by atoms with Crippen LogP contribution in [0, 0.1) is 11.7 Å². The second-order valence-electron chi connectivity index (χ2n) is 5.27. The number of carbonyl (C=O) groups excluding carboxylic acids is 2. The lowest BCUT2D eigenvalue weighted by Crippen LogP contribution is -2.58. The third-order valence-electron chi connectivity index (χ3n) is 3.54. The van der Waals surface area contributed by atoms with E-state index in [0.29, 0.717) is 12.2 Å². The topological polar surface area (TPSA) is 74.7 Å². The molecular formula is C17H13FN4O2S. The van der Waals surface area contributed by atoms with Crippen LogP contribution < -0.4 is 10.2 Å². The number of rotatable bonds is 4. The van der Waals surface area contributed by atoms with Crippen LogP contribution in [0.15, 0.2) is 53.8 Å². The maximum Gasteiger partial charge on any atom is 0.251 e. The van der Waals surface area contributed by atoms with Crippen molar-refractivity contribution in [2.24, 2.45) is 10.9 Å². The van der Waals surface area contributed by atoms with Crippen LogP contribution in [0.3, 0.4) is 0 Å². The minimum atomic E-state index is -1.10. The normalized spacial score (nSPS) is 17.9. The molecule has 2 amide bonds. The summed E-state index contributed by atoms with van der Waals surface area (Å²) in [5.41, 5.74) is 1.23. The third-order valence-corrected chi connectivity index (χ3v) is 3.82. The second-order valence-corrected chi connectivity index (χ2v) is 5.66. The number of amides is 2. The Hall–Kier alpha value is -3.00. The summed E-state index contributed by atoms with van der Waals surface area (Å²) < 4.78 is 13.1. The first-order valence-corrected chi connectivity index (χ1v) is 7.80. The highest BCUT2D eigenvalue weighted by Crippen LogP contribution is 2.20. The fourth-order valence-corrected chi connectivity index (χ4v) is 2.61. The number of nitrogens with zero attached hydrogens (tertiary/aromatic N) is 3. The Balaban J connectivity index is 1.79. The van der Waals surface area contributed by atoms with Crippen LogP contribution in [-0.2, 0) is 16.1 Å². The molecular weight excluding hydrogens is 343 g/mol. The van der Waals surface area contributed by atoms with Gasteiger partial charge in [-0.1, -0.05) is 6.07 Å². The molecule has 2 heterocycles. The van der Waals surface area contributed by atoms with Crippen molar-refractivity contribution in [3.8, 4) is 0 Å². The van der Waals surface area contributed by atoms with Crippen LogP contribution in [0.4, 0.5) is 10.1 Å². The summed E-state index contributed by atoms with van der Waals surface area (Å²) in [6.07, 6.45) is 4.59. The number of pyridine rings is 1. The van der Waals surface area contributed by atoms with E-state index in [2.05, 4.69) is 15.3 Å². The standard InChI is InChI=1S/C17H13FN4O2S/c18-12-3-5-13(6-4-12)22-16(24)14(15(23)21-17(22)25)10-20-9-11-2-1-7-19-8-11/h1-8,10,14H,9H2,(H,21,23,25). The lowest BCUT2D eigenvalue weighted by atomic mass is 10.1. The number of anilines is 1. The summed E-state index contributed by atoms with van der Waals surface area (Å²) in [6, 6.07) is 8.88. The molecule has 0 aliphatic carbocycles. The molecule has 0 bridgehead atoms. The van der Waals surface area contributed by atoms with Gasteiger partial charge in [0.15, 0.2) is 11.0 Å². The SMILES string of the molecule is O=C1NC(=S)N(c2ccc(F)cc2)C(=O)C1C=NCc1cccnc1. The van der Waals surface area contributed by atoms with E-state index in [0.717, 1.165) is 10.5 Å². The van der Waals surface area contributed by atoms with E-state index < -0.39 is 23.5 Å². The fourth-order valence-electron chi connectivity index (χ4n) is 2.31. The predicted octanol–water partition coefficient (Wildman–Crippen LogP) is 1.86. The molecule has 0 saturated carbocycles. The minimum absolute atomic E-state index is 0.0430. The number of benzene rings is 1. The zero-order valence-electron chi connectivity index (χ0n) is 12.9. The molecule has 0 radical (unpaired) electrons. The molecule has 25 heavy (non-hydrogen) atoms. The Bertz CT molecular complexity index is 839. The van der Waals surface area contributed by atoms with Gasteiger partial charge in [0.05, 0.1) is 12.2 Å². The molecule has 1 aromatic heterocycles. The van der Waals surface area contributed by atoms with Crippen LogP contribution in [0.1, 0.15) is 5.56 Å². The first-order chi connectivity index (χ1) is 12.1. The number of aromatic nitrogens is 1. The third kappa shape index (κ3) is 3.74. The Labute approximate surface area is 148 Å². The lowest BCUT2D eigenvalue weighted by Gasteiger charge is -2.30. The van der Waals surface area contributed by atoms with Crippen molar-refractivity contribution in [3.05, 3.63) is 60.2 Å². The maximum absolute atomic E-state index is 13.1. The summed E-state index contributed by atoms with van der Waals surface area (Å²) in [4.78, 5) is 34.0. The summed E-state index contributed by atoms with van der Waals surface area (Å²) in [5.74, 6) is -2.61. The number of thiocarbonyl (C=S) groups is 1. The van der Waals surface area contributed by atoms with Crippen molar-refractivity contribution in [1.82, 2.24) is 10.3 Å². The van der Waals surface area contributed by atoms with E-state index in [1.807, 2.05) is 6.07 Å². The predicted molar refractivity (Wildman–Crippen MR) is 94.5 cm³/mol. The largest absolute Gasteiger partial charge is 0.301 e. The van der Waals surface area contributed by atoms with Crippen LogP contribution in [-0.4, -0.2) is 28.1 Å². The van der Waals surface area contributed by atoms with Gasteiger partial charge in [0.1, 0.15) is 5.82 Å². The average Bonchev–Trinajstić information content (AvgIpc) is 2.60. The average molecular weight is 356 g/mol. The molecule has 3 rings (SSSR count). The first-order valence-electron chi connectivity index (χ1n) is 7.39. The van der Waals surface area contributed by atoms with E-state index in [1.54, 1.807) is 18.5 Å². The fraction of sp³-hybridized carbons (Fsp3) is 0.118. The molecule has 1 atom stereocenters. The summed E-state index contributed by atoms with van der Waals surface area (Å²) in [6.45, 7) is 0.298. The van der Waals surface area contributed by atoms with E-state index in [9.17, 15) is 14.0 Å². The molecule has 1 N–H and O–H groups in total. The van der Waals surface area contributed by atoms with Gasteiger partial charge in [-0.2, -0.15) is 0 Å². The molecule has 1 saturated heterocycles. The highest BCUT2D eigenvalue weighted by Gasteiger charge is 2.38. The number of aliphatic imine (C=N–C) groups is 1. The summed E-state index contributed by atoms with van der Waals surface area (Å²) in [5, 5.41) is 2.43. The molecule has 6 nitrogen and oxygen atoms in total.